The lowest BCUT2D eigenvalue weighted by Crippen LogP contribution is -2.55. The Morgan fingerprint density at radius 2 is 1.87 bits per heavy atom. The van der Waals surface area contributed by atoms with Gasteiger partial charge in [0.1, 0.15) is 11.8 Å². The standard InChI is InChI=1S/C25H26F4N8O/c1-38-22-16(26)5-14(6-17(22)27)18-7-15(10-37-13-35-21-23(30)33-12-34-24(21)37)19(9-32-18)36-4-2-3-25(31,11-36)8-20(28)29/h5-7,9,12-13,20H,2-4,8,10-11,31H2,1H3,(H2,30,33,34)/t25-/m1/s1. The van der Waals surface area contributed by atoms with Crippen molar-refractivity contribution in [3.05, 3.63) is 54.2 Å². The van der Waals surface area contributed by atoms with Crippen molar-refractivity contribution in [2.75, 3.05) is 30.8 Å². The maximum atomic E-state index is 14.5. The first-order chi connectivity index (χ1) is 18.2. The Bertz CT molecular complexity index is 1460. The summed E-state index contributed by atoms with van der Waals surface area (Å²) in [6, 6.07) is 3.98. The first kappa shape index (κ1) is 25.6. The number of rotatable bonds is 7. The van der Waals surface area contributed by atoms with Crippen molar-refractivity contribution >= 4 is 22.7 Å². The van der Waals surface area contributed by atoms with Crippen LogP contribution in [0.2, 0.25) is 0 Å². The molecule has 1 aromatic carbocycles. The highest BCUT2D eigenvalue weighted by atomic mass is 19.3. The van der Waals surface area contributed by atoms with Crippen molar-refractivity contribution in [1.29, 1.82) is 0 Å². The fourth-order valence-electron chi connectivity index (χ4n) is 5.00. The van der Waals surface area contributed by atoms with E-state index in [0.717, 1.165) is 12.1 Å². The Labute approximate surface area is 215 Å². The molecule has 1 aliphatic rings. The number of hydrogen-bond donors (Lipinski definition) is 2. The van der Waals surface area contributed by atoms with Crippen LogP contribution in [0.3, 0.4) is 0 Å². The summed E-state index contributed by atoms with van der Waals surface area (Å²) < 4.78 is 62.0. The van der Waals surface area contributed by atoms with Gasteiger partial charge in [0, 0.05) is 30.6 Å². The highest BCUT2D eigenvalue weighted by Gasteiger charge is 2.35. The number of anilines is 2. The van der Waals surface area contributed by atoms with Crippen LogP contribution in [-0.4, -0.2) is 56.7 Å². The number of nitrogens with zero attached hydrogens (tertiary/aromatic N) is 6. The van der Waals surface area contributed by atoms with Crippen LogP contribution in [0.5, 0.6) is 5.75 Å². The number of piperidine rings is 1. The molecule has 0 amide bonds. The fourth-order valence-corrected chi connectivity index (χ4v) is 5.00. The van der Waals surface area contributed by atoms with Gasteiger partial charge in [-0.3, -0.25) is 4.98 Å². The zero-order valence-corrected chi connectivity index (χ0v) is 20.5. The van der Waals surface area contributed by atoms with E-state index in [9.17, 15) is 17.6 Å². The van der Waals surface area contributed by atoms with E-state index in [1.807, 2.05) is 4.90 Å². The van der Waals surface area contributed by atoms with Gasteiger partial charge in [-0.15, -0.1) is 0 Å². The van der Waals surface area contributed by atoms with Crippen LogP contribution < -0.4 is 21.1 Å². The molecular weight excluding hydrogens is 504 g/mol. The average Bonchev–Trinajstić information content (AvgIpc) is 3.27. The Balaban J connectivity index is 1.58. The Hall–Kier alpha value is -4.00. The molecule has 0 bridgehead atoms. The first-order valence-corrected chi connectivity index (χ1v) is 11.9. The maximum absolute atomic E-state index is 14.5. The Morgan fingerprint density at radius 1 is 1.11 bits per heavy atom. The molecular formula is C25H26F4N8O. The number of aromatic nitrogens is 5. The zero-order chi connectivity index (χ0) is 27.0. The molecule has 4 N–H and O–H groups in total. The summed E-state index contributed by atoms with van der Waals surface area (Å²) in [7, 11) is 1.18. The largest absolute Gasteiger partial charge is 0.491 e. The van der Waals surface area contributed by atoms with Crippen molar-refractivity contribution < 1.29 is 22.3 Å². The summed E-state index contributed by atoms with van der Waals surface area (Å²) in [4.78, 5) is 18.9. The second-order valence-electron chi connectivity index (χ2n) is 9.46. The van der Waals surface area contributed by atoms with Gasteiger partial charge in [-0.1, -0.05) is 0 Å². The van der Waals surface area contributed by atoms with Crippen LogP contribution in [0.25, 0.3) is 22.4 Å². The van der Waals surface area contributed by atoms with Crippen molar-refractivity contribution in [1.82, 2.24) is 24.5 Å². The van der Waals surface area contributed by atoms with Crippen molar-refractivity contribution in [2.24, 2.45) is 5.73 Å². The van der Waals surface area contributed by atoms with E-state index in [1.54, 1.807) is 23.2 Å². The van der Waals surface area contributed by atoms with E-state index in [2.05, 4.69) is 19.9 Å². The predicted octanol–water partition coefficient (Wildman–Crippen LogP) is 3.76. The lowest BCUT2D eigenvalue weighted by Gasteiger charge is -2.42. The summed E-state index contributed by atoms with van der Waals surface area (Å²) in [5.74, 6) is -1.98. The number of imidazole rings is 1. The van der Waals surface area contributed by atoms with E-state index < -0.39 is 35.8 Å². The molecule has 9 nitrogen and oxygen atoms in total. The smallest absolute Gasteiger partial charge is 0.240 e. The van der Waals surface area contributed by atoms with E-state index in [1.165, 1.54) is 13.4 Å². The van der Waals surface area contributed by atoms with Gasteiger partial charge in [-0.2, -0.15) is 0 Å². The molecule has 1 atom stereocenters. The van der Waals surface area contributed by atoms with Gasteiger partial charge in [0.25, 0.3) is 0 Å². The van der Waals surface area contributed by atoms with Gasteiger partial charge in [0.15, 0.2) is 28.8 Å². The number of hydrogen-bond acceptors (Lipinski definition) is 8. The summed E-state index contributed by atoms with van der Waals surface area (Å²) in [6.45, 7) is 1.03. The predicted molar refractivity (Wildman–Crippen MR) is 134 cm³/mol. The normalized spacial score (nSPS) is 17.9. The van der Waals surface area contributed by atoms with E-state index in [0.29, 0.717) is 47.5 Å². The summed E-state index contributed by atoms with van der Waals surface area (Å²) in [6.07, 6.45) is 2.61. The number of benzene rings is 1. The molecule has 0 radical (unpaired) electrons. The molecule has 0 aliphatic carbocycles. The average molecular weight is 531 g/mol. The van der Waals surface area contributed by atoms with E-state index in [-0.39, 0.29) is 24.5 Å². The van der Waals surface area contributed by atoms with Crippen LogP contribution in [0, 0.1) is 11.6 Å². The maximum Gasteiger partial charge on any atom is 0.240 e. The van der Waals surface area contributed by atoms with E-state index in [4.69, 9.17) is 16.2 Å². The van der Waals surface area contributed by atoms with Crippen LogP contribution in [0.1, 0.15) is 24.8 Å². The molecule has 1 aliphatic heterocycles. The van der Waals surface area contributed by atoms with Gasteiger partial charge in [0.2, 0.25) is 6.43 Å². The van der Waals surface area contributed by atoms with Gasteiger partial charge in [0.05, 0.1) is 37.6 Å². The summed E-state index contributed by atoms with van der Waals surface area (Å²) >= 11 is 0. The molecule has 1 fully saturated rings. The van der Waals surface area contributed by atoms with Crippen molar-refractivity contribution in [2.45, 2.75) is 37.8 Å². The van der Waals surface area contributed by atoms with Gasteiger partial charge >= 0.3 is 0 Å². The molecule has 38 heavy (non-hydrogen) atoms. The Kier molecular flexibility index (Phi) is 6.78. The quantitative estimate of drug-likeness (QED) is 0.347. The Morgan fingerprint density at radius 3 is 2.58 bits per heavy atom. The molecule has 200 valence electrons. The minimum atomic E-state index is -2.53. The molecule has 1 saturated heterocycles. The number of nitrogen functional groups attached to an aromatic ring is 1. The topological polar surface area (TPSA) is 121 Å². The van der Waals surface area contributed by atoms with Gasteiger partial charge in [-0.05, 0) is 36.6 Å². The minimum absolute atomic E-state index is 0.205. The number of halogens is 4. The summed E-state index contributed by atoms with van der Waals surface area (Å²) in [5, 5.41) is 0. The third-order valence-corrected chi connectivity index (χ3v) is 6.74. The number of pyridine rings is 1. The minimum Gasteiger partial charge on any atom is -0.491 e. The third kappa shape index (κ3) is 4.93. The monoisotopic (exact) mass is 530 g/mol. The molecule has 0 saturated carbocycles. The molecule has 3 aromatic heterocycles. The highest BCUT2D eigenvalue weighted by Crippen LogP contribution is 2.34. The van der Waals surface area contributed by atoms with Crippen LogP contribution in [0.4, 0.5) is 29.1 Å². The first-order valence-electron chi connectivity index (χ1n) is 11.9. The molecule has 4 heterocycles. The molecule has 13 heteroatoms. The number of nitrogens with two attached hydrogens (primary N) is 2. The summed E-state index contributed by atoms with van der Waals surface area (Å²) in [5.41, 5.74) is 14.0. The lowest BCUT2D eigenvalue weighted by molar-refractivity contribution is 0.0983. The molecule has 0 spiro atoms. The van der Waals surface area contributed by atoms with Crippen LogP contribution in [0.15, 0.2) is 37.1 Å². The highest BCUT2D eigenvalue weighted by molar-refractivity contribution is 5.81. The second kappa shape index (κ2) is 10.0. The molecule has 5 rings (SSSR count). The van der Waals surface area contributed by atoms with E-state index >= 15 is 0 Å². The lowest BCUT2D eigenvalue weighted by atomic mass is 9.86. The van der Waals surface area contributed by atoms with Crippen LogP contribution >= 0.6 is 0 Å². The van der Waals surface area contributed by atoms with Gasteiger partial charge in [-0.25, -0.2) is 32.5 Å². The zero-order valence-electron chi connectivity index (χ0n) is 20.5. The molecule has 0 unspecified atom stereocenters. The van der Waals surface area contributed by atoms with Crippen LogP contribution in [-0.2, 0) is 6.54 Å². The number of methoxy groups -OCH3 is 1. The second-order valence-corrected chi connectivity index (χ2v) is 9.46. The fraction of sp³-hybridized carbons (Fsp3) is 0.360. The van der Waals surface area contributed by atoms with Gasteiger partial charge < -0.3 is 25.7 Å². The van der Waals surface area contributed by atoms with Crippen molar-refractivity contribution in [3.8, 4) is 17.0 Å². The molecule has 4 aromatic rings. The van der Waals surface area contributed by atoms with Crippen molar-refractivity contribution in [3.63, 3.8) is 0 Å². The number of alkyl halides is 2. The number of ether oxygens (including phenoxy) is 1. The number of fused-ring (bicyclic) bond motifs is 1. The third-order valence-electron chi connectivity index (χ3n) is 6.74. The SMILES string of the molecule is COc1c(F)cc(-c2cc(Cn3cnc4c(N)ncnc43)c(N3CCC[C@@](N)(CC(F)F)C3)cn2)cc1F.